The average molecular weight is 204 g/mol. The van der Waals surface area contributed by atoms with Crippen molar-refractivity contribution in [2.75, 3.05) is 13.7 Å². The van der Waals surface area contributed by atoms with Crippen LogP contribution in [-0.2, 0) is 4.79 Å². The lowest BCUT2D eigenvalue weighted by molar-refractivity contribution is -0.103. The van der Waals surface area contributed by atoms with Gasteiger partial charge in [0, 0.05) is 5.56 Å². The molecule has 1 rings (SSSR count). The summed E-state index contributed by atoms with van der Waals surface area (Å²) in [6.07, 6.45) is 0.560. The zero-order valence-corrected chi connectivity index (χ0v) is 8.74. The first kappa shape index (κ1) is 11.1. The first-order valence-corrected chi connectivity index (χ1v) is 4.57. The minimum absolute atomic E-state index is 0.556. The summed E-state index contributed by atoms with van der Waals surface area (Å²) in [6.45, 7) is 2.45. The Bertz CT molecular complexity index is 399. The molecule has 3 heteroatoms. The maximum atomic E-state index is 10.1. The number of ether oxygens (including phenoxy) is 2. The number of methoxy groups -OCH3 is 1. The van der Waals surface area contributed by atoms with Crippen molar-refractivity contribution in [3.05, 3.63) is 23.8 Å². The van der Waals surface area contributed by atoms with Crippen molar-refractivity contribution in [1.82, 2.24) is 0 Å². The van der Waals surface area contributed by atoms with E-state index < -0.39 is 0 Å². The molecule has 0 spiro atoms. The van der Waals surface area contributed by atoms with Crippen molar-refractivity contribution in [3.8, 4) is 23.3 Å². The van der Waals surface area contributed by atoms with Crippen LogP contribution in [0.15, 0.2) is 18.2 Å². The lowest BCUT2D eigenvalue weighted by Crippen LogP contribution is -1.95. The van der Waals surface area contributed by atoms with E-state index in [4.69, 9.17) is 9.47 Å². The maximum absolute atomic E-state index is 10.1. The largest absolute Gasteiger partial charge is 0.493 e. The highest BCUT2D eigenvalue weighted by molar-refractivity contribution is 5.74. The van der Waals surface area contributed by atoms with E-state index in [0.29, 0.717) is 24.4 Å². The Kier molecular flexibility index (Phi) is 4.24. The molecule has 1 aromatic rings. The van der Waals surface area contributed by atoms with Gasteiger partial charge in [0.2, 0.25) is 0 Å². The van der Waals surface area contributed by atoms with Gasteiger partial charge in [0.05, 0.1) is 13.7 Å². The van der Waals surface area contributed by atoms with Gasteiger partial charge in [-0.3, -0.25) is 4.79 Å². The fraction of sp³-hybridized carbons (Fsp3) is 0.250. The zero-order chi connectivity index (χ0) is 11.1. The van der Waals surface area contributed by atoms with E-state index in [1.807, 2.05) is 6.92 Å². The summed E-state index contributed by atoms with van der Waals surface area (Å²) in [5.41, 5.74) is 0.728. The van der Waals surface area contributed by atoms with E-state index in [-0.39, 0.29) is 0 Å². The van der Waals surface area contributed by atoms with Gasteiger partial charge in [-0.05, 0) is 31.0 Å². The van der Waals surface area contributed by atoms with Crippen molar-refractivity contribution in [1.29, 1.82) is 0 Å². The summed E-state index contributed by atoms with van der Waals surface area (Å²) in [5.74, 6) is 6.33. The molecule has 1 aromatic carbocycles. The fourth-order valence-corrected chi connectivity index (χ4v) is 1.14. The van der Waals surface area contributed by atoms with Crippen molar-refractivity contribution in [3.63, 3.8) is 0 Å². The van der Waals surface area contributed by atoms with Crippen LogP contribution < -0.4 is 9.47 Å². The first-order chi connectivity index (χ1) is 7.31. The molecule has 0 aliphatic carbocycles. The van der Waals surface area contributed by atoms with Crippen LogP contribution in [0.2, 0.25) is 0 Å². The molecule has 0 radical (unpaired) electrons. The molecular weight excluding hydrogens is 192 g/mol. The molecule has 0 unspecified atom stereocenters. The Morgan fingerprint density at radius 2 is 2.20 bits per heavy atom. The summed E-state index contributed by atoms with van der Waals surface area (Å²) in [4.78, 5) is 10.1. The number of carbonyl (C=O) groups is 1. The van der Waals surface area contributed by atoms with Crippen LogP contribution in [-0.4, -0.2) is 20.0 Å². The van der Waals surface area contributed by atoms with Gasteiger partial charge in [-0.2, -0.15) is 0 Å². The standard InChI is InChI=1S/C12H12O3/c1-3-15-12-9-10(5-4-8-13)6-7-11(12)14-2/h6-9H,3H2,1-2H3. The van der Waals surface area contributed by atoms with E-state index >= 15 is 0 Å². The van der Waals surface area contributed by atoms with Crippen molar-refractivity contribution >= 4 is 6.29 Å². The highest BCUT2D eigenvalue weighted by Gasteiger charge is 2.03. The number of hydrogen-bond donors (Lipinski definition) is 0. The minimum atomic E-state index is 0.556. The second-order valence-corrected chi connectivity index (χ2v) is 2.69. The number of carbonyl (C=O) groups excluding carboxylic acids is 1. The second kappa shape index (κ2) is 5.71. The number of rotatable bonds is 3. The third-order valence-electron chi connectivity index (χ3n) is 1.74. The third kappa shape index (κ3) is 3.03. The lowest BCUT2D eigenvalue weighted by atomic mass is 10.2. The quantitative estimate of drug-likeness (QED) is 0.554. The highest BCUT2D eigenvalue weighted by atomic mass is 16.5. The second-order valence-electron chi connectivity index (χ2n) is 2.69. The van der Waals surface area contributed by atoms with E-state index in [1.165, 1.54) is 0 Å². The Hall–Kier alpha value is -1.95. The van der Waals surface area contributed by atoms with Gasteiger partial charge in [0.25, 0.3) is 0 Å². The van der Waals surface area contributed by atoms with Crippen LogP contribution in [0, 0.1) is 11.8 Å². The molecule has 0 aromatic heterocycles. The highest BCUT2D eigenvalue weighted by Crippen LogP contribution is 2.27. The van der Waals surface area contributed by atoms with Crippen LogP contribution in [0.4, 0.5) is 0 Å². The number of benzene rings is 1. The predicted molar refractivity (Wildman–Crippen MR) is 57.1 cm³/mol. The summed E-state index contributed by atoms with van der Waals surface area (Å²) in [6, 6.07) is 5.29. The average Bonchev–Trinajstić information content (AvgIpc) is 2.27. The predicted octanol–water partition coefficient (Wildman–Crippen LogP) is 1.64. The van der Waals surface area contributed by atoms with Crippen molar-refractivity contribution < 1.29 is 14.3 Å². The van der Waals surface area contributed by atoms with Gasteiger partial charge in [0.1, 0.15) is 0 Å². The maximum Gasteiger partial charge on any atom is 0.193 e. The molecule has 0 amide bonds. The zero-order valence-electron chi connectivity index (χ0n) is 8.74. The minimum Gasteiger partial charge on any atom is -0.493 e. The smallest absolute Gasteiger partial charge is 0.193 e. The van der Waals surface area contributed by atoms with Gasteiger partial charge in [-0.25, -0.2) is 0 Å². The number of aldehydes is 1. The SMILES string of the molecule is CCOc1cc(C#CC=O)ccc1OC. The Morgan fingerprint density at radius 3 is 2.80 bits per heavy atom. The Morgan fingerprint density at radius 1 is 1.40 bits per heavy atom. The molecule has 0 fully saturated rings. The van der Waals surface area contributed by atoms with E-state index in [2.05, 4.69) is 11.8 Å². The van der Waals surface area contributed by atoms with Crippen molar-refractivity contribution in [2.45, 2.75) is 6.92 Å². The Labute approximate surface area is 89.0 Å². The summed E-state index contributed by atoms with van der Waals surface area (Å²) >= 11 is 0. The molecule has 0 N–H and O–H groups in total. The molecule has 0 bridgehead atoms. The molecule has 0 saturated carbocycles. The monoisotopic (exact) mass is 204 g/mol. The van der Waals surface area contributed by atoms with Gasteiger partial charge >= 0.3 is 0 Å². The number of hydrogen-bond acceptors (Lipinski definition) is 3. The Balaban J connectivity index is 3.03. The van der Waals surface area contributed by atoms with Crippen LogP contribution in [0.1, 0.15) is 12.5 Å². The van der Waals surface area contributed by atoms with Gasteiger partial charge in [-0.1, -0.05) is 5.92 Å². The van der Waals surface area contributed by atoms with Crippen LogP contribution in [0.25, 0.3) is 0 Å². The topological polar surface area (TPSA) is 35.5 Å². The summed E-state index contributed by atoms with van der Waals surface area (Å²) in [7, 11) is 1.58. The third-order valence-corrected chi connectivity index (χ3v) is 1.74. The molecule has 0 aliphatic heterocycles. The van der Waals surface area contributed by atoms with Crippen LogP contribution in [0.5, 0.6) is 11.5 Å². The first-order valence-electron chi connectivity index (χ1n) is 4.57. The van der Waals surface area contributed by atoms with E-state index in [9.17, 15) is 4.79 Å². The molecule has 0 atom stereocenters. The summed E-state index contributed by atoms with van der Waals surface area (Å²) in [5, 5.41) is 0. The molecule has 78 valence electrons. The van der Waals surface area contributed by atoms with Gasteiger partial charge in [-0.15, -0.1) is 0 Å². The van der Waals surface area contributed by atoms with Gasteiger partial charge in [0.15, 0.2) is 17.8 Å². The van der Waals surface area contributed by atoms with E-state index in [0.717, 1.165) is 5.56 Å². The molecule has 15 heavy (non-hydrogen) atoms. The molecule has 0 heterocycles. The van der Waals surface area contributed by atoms with E-state index in [1.54, 1.807) is 25.3 Å². The van der Waals surface area contributed by atoms with Crippen molar-refractivity contribution in [2.24, 2.45) is 0 Å². The molecular formula is C12H12O3. The normalized spacial score (nSPS) is 8.67. The van der Waals surface area contributed by atoms with Crippen LogP contribution in [0.3, 0.4) is 0 Å². The lowest BCUT2D eigenvalue weighted by Gasteiger charge is -2.08. The van der Waals surface area contributed by atoms with Crippen LogP contribution >= 0.6 is 0 Å². The molecule has 0 aliphatic rings. The van der Waals surface area contributed by atoms with Gasteiger partial charge < -0.3 is 9.47 Å². The fourth-order valence-electron chi connectivity index (χ4n) is 1.14. The summed E-state index contributed by atoms with van der Waals surface area (Å²) < 4.78 is 10.5. The molecule has 0 saturated heterocycles. The molecule has 3 nitrogen and oxygen atoms in total.